The molecule has 1 aliphatic heterocycles. The molecule has 0 N–H and O–H groups in total. The number of nitrogens with zero attached hydrogens (tertiary/aromatic N) is 2. The first kappa shape index (κ1) is 17.0. The van der Waals surface area contributed by atoms with E-state index in [1.165, 1.54) is 26.2 Å². The number of carbonyl (C=O) groups is 1. The van der Waals surface area contributed by atoms with Crippen LogP contribution in [0.5, 0.6) is 0 Å². The second kappa shape index (κ2) is 6.79. The Kier molecular flexibility index (Phi) is 5.24. The highest BCUT2D eigenvalue weighted by molar-refractivity contribution is 7.89. The van der Waals surface area contributed by atoms with Gasteiger partial charge in [0.25, 0.3) is 5.91 Å². The average molecular weight is 324 g/mol. The van der Waals surface area contributed by atoms with E-state index in [0.29, 0.717) is 11.5 Å². The largest absolute Gasteiger partial charge is 0.339 e. The predicted octanol–water partition coefficient (Wildman–Crippen LogP) is 2.20. The third-order valence-corrected chi connectivity index (χ3v) is 5.97. The molecule has 1 aliphatic rings. The predicted molar refractivity (Wildman–Crippen MR) is 86.2 cm³/mol. The van der Waals surface area contributed by atoms with E-state index in [1.54, 1.807) is 12.1 Å². The normalized spacial score (nSPS) is 20.0. The van der Waals surface area contributed by atoms with Crippen LogP contribution in [0.3, 0.4) is 0 Å². The first-order valence-electron chi connectivity index (χ1n) is 7.64. The van der Waals surface area contributed by atoms with E-state index in [9.17, 15) is 13.2 Å². The van der Waals surface area contributed by atoms with Gasteiger partial charge in [-0.2, -0.15) is 0 Å². The summed E-state index contributed by atoms with van der Waals surface area (Å²) in [4.78, 5) is 14.6. The number of likely N-dealkylation sites (tertiary alicyclic amines) is 1. The van der Waals surface area contributed by atoms with Crippen molar-refractivity contribution in [2.75, 3.05) is 27.2 Å². The molecule has 1 aromatic carbocycles. The summed E-state index contributed by atoms with van der Waals surface area (Å²) in [5.74, 6) is 0.558. The van der Waals surface area contributed by atoms with Crippen LogP contribution in [0.15, 0.2) is 29.2 Å². The van der Waals surface area contributed by atoms with Gasteiger partial charge in [0.15, 0.2) is 0 Å². The first-order valence-corrected chi connectivity index (χ1v) is 9.08. The van der Waals surface area contributed by atoms with Gasteiger partial charge in [0.1, 0.15) is 0 Å². The van der Waals surface area contributed by atoms with Crippen molar-refractivity contribution in [3.05, 3.63) is 29.8 Å². The van der Waals surface area contributed by atoms with Crippen LogP contribution in [-0.2, 0) is 10.0 Å². The Labute approximate surface area is 133 Å². The van der Waals surface area contributed by atoms with Crippen LogP contribution >= 0.6 is 0 Å². The maximum absolute atomic E-state index is 12.6. The zero-order chi connectivity index (χ0) is 16.3. The molecule has 1 heterocycles. The molecule has 1 unspecified atom stereocenters. The molecule has 0 radical (unpaired) electrons. The SMILES string of the molecule is CC1CCCN(C(=O)c2cccc(S(=O)(=O)N(C)C)c2)CC1. The average Bonchev–Trinajstić information content (AvgIpc) is 2.71. The topological polar surface area (TPSA) is 57.7 Å². The van der Waals surface area contributed by atoms with Crippen molar-refractivity contribution in [2.45, 2.75) is 31.1 Å². The lowest BCUT2D eigenvalue weighted by molar-refractivity contribution is 0.0760. The molecule has 5 nitrogen and oxygen atoms in total. The van der Waals surface area contributed by atoms with Gasteiger partial charge in [0.05, 0.1) is 4.90 Å². The molecule has 0 bridgehead atoms. The Morgan fingerprint density at radius 1 is 1.23 bits per heavy atom. The summed E-state index contributed by atoms with van der Waals surface area (Å²) in [5.41, 5.74) is 0.442. The Morgan fingerprint density at radius 2 is 1.95 bits per heavy atom. The van der Waals surface area contributed by atoms with Gasteiger partial charge < -0.3 is 4.90 Å². The molecule has 1 amide bonds. The van der Waals surface area contributed by atoms with Crippen molar-refractivity contribution < 1.29 is 13.2 Å². The fourth-order valence-electron chi connectivity index (χ4n) is 2.65. The van der Waals surface area contributed by atoms with Gasteiger partial charge in [-0.3, -0.25) is 4.79 Å². The lowest BCUT2D eigenvalue weighted by Gasteiger charge is -2.21. The van der Waals surface area contributed by atoms with Crippen LogP contribution < -0.4 is 0 Å². The van der Waals surface area contributed by atoms with E-state index in [4.69, 9.17) is 0 Å². The summed E-state index contributed by atoms with van der Waals surface area (Å²) in [6.45, 7) is 3.69. The molecule has 0 spiro atoms. The fraction of sp³-hybridized carbons (Fsp3) is 0.562. The van der Waals surface area contributed by atoms with Gasteiger partial charge in [-0.25, -0.2) is 12.7 Å². The van der Waals surface area contributed by atoms with Crippen LogP contribution in [0.4, 0.5) is 0 Å². The van der Waals surface area contributed by atoms with Crippen molar-refractivity contribution in [3.8, 4) is 0 Å². The van der Waals surface area contributed by atoms with Gasteiger partial charge in [0, 0.05) is 32.7 Å². The molecule has 122 valence electrons. The van der Waals surface area contributed by atoms with Crippen LogP contribution in [0.25, 0.3) is 0 Å². The highest BCUT2D eigenvalue weighted by atomic mass is 32.2. The Hall–Kier alpha value is -1.40. The van der Waals surface area contributed by atoms with Gasteiger partial charge in [-0.05, 0) is 43.4 Å². The summed E-state index contributed by atoms with van der Waals surface area (Å²) in [6.07, 6.45) is 3.14. The monoisotopic (exact) mass is 324 g/mol. The Balaban J connectivity index is 2.24. The number of rotatable bonds is 3. The van der Waals surface area contributed by atoms with E-state index in [2.05, 4.69) is 6.92 Å². The van der Waals surface area contributed by atoms with Crippen molar-refractivity contribution in [1.82, 2.24) is 9.21 Å². The highest BCUT2D eigenvalue weighted by Gasteiger charge is 2.22. The van der Waals surface area contributed by atoms with E-state index in [0.717, 1.165) is 36.7 Å². The highest BCUT2D eigenvalue weighted by Crippen LogP contribution is 2.20. The van der Waals surface area contributed by atoms with Crippen LogP contribution in [-0.4, -0.2) is 50.7 Å². The number of benzene rings is 1. The first-order chi connectivity index (χ1) is 10.3. The molecule has 6 heteroatoms. The van der Waals surface area contributed by atoms with Gasteiger partial charge in [0.2, 0.25) is 10.0 Å². The van der Waals surface area contributed by atoms with Crippen LogP contribution in [0.1, 0.15) is 36.5 Å². The molecule has 1 saturated heterocycles. The minimum absolute atomic E-state index is 0.0788. The molecule has 0 aromatic heterocycles. The van der Waals surface area contributed by atoms with Crippen molar-refractivity contribution in [3.63, 3.8) is 0 Å². The van der Waals surface area contributed by atoms with Gasteiger partial charge in [-0.1, -0.05) is 13.0 Å². The molecule has 0 saturated carbocycles. The van der Waals surface area contributed by atoms with Crippen LogP contribution in [0, 0.1) is 5.92 Å². The Morgan fingerprint density at radius 3 is 2.64 bits per heavy atom. The smallest absolute Gasteiger partial charge is 0.253 e. The fourth-order valence-corrected chi connectivity index (χ4v) is 3.60. The van der Waals surface area contributed by atoms with Gasteiger partial charge >= 0.3 is 0 Å². The maximum Gasteiger partial charge on any atom is 0.253 e. The standard InChI is InChI=1S/C16H24N2O3S/c1-13-6-5-10-18(11-9-13)16(19)14-7-4-8-15(12-14)22(20,21)17(2)3/h4,7-8,12-13H,5-6,9-11H2,1-3H3. The number of hydrogen-bond donors (Lipinski definition) is 0. The lowest BCUT2D eigenvalue weighted by Crippen LogP contribution is -2.32. The molecule has 0 aliphatic carbocycles. The number of carbonyl (C=O) groups excluding carboxylic acids is 1. The van der Waals surface area contributed by atoms with E-state index < -0.39 is 10.0 Å². The summed E-state index contributed by atoms with van der Waals surface area (Å²) in [6, 6.07) is 6.32. The van der Waals surface area contributed by atoms with Crippen LogP contribution in [0.2, 0.25) is 0 Å². The minimum atomic E-state index is -3.52. The number of sulfonamides is 1. The minimum Gasteiger partial charge on any atom is -0.339 e. The molecule has 1 aromatic rings. The summed E-state index contributed by atoms with van der Waals surface area (Å²) in [7, 11) is -0.545. The molecule has 1 fully saturated rings. The summed E-state index contributed by atoms with van der Waals surface area (Å²) in [5, 5.41) is 0. The van der Waals surface area contributed by atoms with Gasteiger partial charge in [-0.15, -0.1) is 0 Å². The van der Waals surface area contributed by atoms with E-state index >= 15 is 0 Å². The van der Waals surface area contributed by atoms with Crippen molar-refractivity contribution in [1.29, 1.82) is 0 Å². The summed E-state index contributed by atoms with van der Waals surface area (Å²) < 4.78 is 25.5. The molecular weight excluding hydrogens is 300 g/mol. The Bertz CT molecular complexity index is 641. The quantitative estimate of drug-likeness (QED) is 0.856. The molecular formula is C16H24N2O3S. The van der Waals surface area contributed by atoms with E-state index in [1.807, 2.05) is 4.90 Å². The summed E-state index contributed by atoms with van der Waals surface area (Å²) >= 11 is 0. The van der Waals surface area contributed by atoms with Crippen molar-refractivity contribution >= 4 is 15.9 Å². The number of amides is 1. The molecule has 22 heavy (non-hydrogen) atoms. The maximum atomic E-state index is 12.6. The second-order valence-corrected chi connectivity index (χ2v) is 8.30. The number of hydrogen-bond acceptors (Lipinski definition) is 3. The van der Waals surface area contributed by atoms with Crippen molar-refractivity contribution in [2.24, 2.45) is 5.92 Å². The zero-order valence-corrected chi connectivity index (χ0v) is 14.3. The second-order valence-electron chi connectivity index (χ2n) is 6.14. The third kappa shape index (κ3) is 3.67. The lowest BCUT2D eigenvalue weighted by atomic mass is 10.0. The zero-order valence-electron chi connectivity index (χ0n) is 13.4. The molecule has 2 rings (SSSR count). The third-order valence-electron chi connectivity index (χ3n) is 4.16. The molecule has 1 atom stereocenters. The van der Waals surface area contributed by atoms with E-state index in [-0.39, 0.29) is 10.8 Å².